The zero-order valence-corrected chi connectivity index (χ0v) is 13.1. The molecule has 106 valence electrons. The molecule has 1 saturated carbocycles. The summed E-state index contributed by atoms with van der Waals surface area (Å²) >= 11 is 0. The highest BCUT2D eigenvalue weighted by Crippen LogP contribution is 2.24. The molecule has 0 aliphatic heterocycles. The van der Waals surface area contributed by atoms with E-state index in [0.717, 1.165) is 19.0 Å². The van der Waals surface area contributed by atoms with E-state index in [2.05, 4.69) is 51.2 Å². The Kier molecular flexibility index (Phi) is 4.67. The van der Waals surface area contributed by atoms with Gasteiger partial charge >= 0.3 is 0 Å². The first-order chi connectivity index (χ1) is 8.97. The zero-order chi connectivity index (χ0) is 13.9. The molecule has 0 saturated heterocycles. The molecule has 1 aromatic rings. The monoisotopic (exact) mass is 259 g/mol. The average molecular weight is 259 g/mol. The predicted octanol–water partition coefficient (Wildman–Crippen LogP) is 4.37. The van der Waals surface area contributed by atoms with Crippen LogP contribution in [-0.2, 0) is 11.8 Å². The van der Waals surface area contributed by atoms with Gasteiger partial charge in [-0.25, -0.2) is 0 Å². The highest BCUT2D eigenvalue weighted by Gasteiger charge is 2.15. The van der Waals surface area contributed by atoms with E-state index in [1.165, 1.54) is 42.4 Å². The van der Waals surface area contributed by atoms with Gasteiger partial charge < -0.3 is 5.32 Å². The molecule has 1 aliphatic carbocycles. The van der Waals surface area contributed by atoms with E-state index in [1.807, 2.05) is 0 Å². The maximum absolute atomic E-state index is 3.70. The van der Waals surface area contributed by atoms with E-state index in [4.69, 9.17) is 0 Å². The second-order valence-corrected chi connectivity index (χ2v) is 7.08. The Balaban J connectivity index is 1.90. The first-order valence-electron chi connectivity index (χ1n) is 7.80. The Morgan fingerprint density at radius 3 is 2.42 bits per heavy atom. The summed E-state index contributed by atoms with van der Waals surface area (Å²) in [7, 11) is 0. The second-order valence-electron chi connectivity index (χ2n) is 7.08. The van der Waals surface area contributed by atoms with Gasteiger partial charge in [0.05, 0.1) is 0 Å². The van der Waals surface area contributed by atoms with Gasteiger partial charge in [0.1, 0.15) is 0 Å². The van der Waals surface area contributed by atoms with Gasteiger partial charge in [-0.05, 0) is 54.8 Å². The van der Waals surface area contributed by atoms with Crippen molar-refractivity contribution >= 4 is 0 Å². The van der Waals surface area contributed by atoms with Gasteiger partial charge in [-0.2, -0.15) is 0 Å². The predicted molar refractivity (Wildman–Crippen MR) is 83.8 cm³/mol. The molecular weight excluding hydrogens is 230 g/mol. The van der Waals surface area contributed by atoms with Crippen molar-refractivity contribution in [2.75, 3.05) is 6.54 Å². The van der Waals surface area contributed by atoms with Gasteiger partial charge in [-0.15, -0.1) is 0 Å². The number of hydrogen-bond acceptors (Lipinski definition) is 1. The van der Waals surface area contributed by atoms with Crippen molar-refractivity contribution < 1.29 is 0 Å². The fraction of sp³-hybridized carbons (Fsp3) is 0.667. The lowest BCUT2D eigenvalue weighted by Crippen LogP contribution is -2.28. The summed E-state index contributed by atoms with van der Waals surface area (Å²) in [6.45, 7) is 10.2. The maximum Gasteiger partial charge on any atom is 0.00671 e. The van der Waals surface area contributed by atoms with E-state index in [1.54, 1.807) is 0 Å². The summed E-state index contributed by atoms with van der Waals surface area (Å²) in [4.78, 5) is 0. The minimum absolute atomic E-state index is 0.255. The van der Waals surface area contributed by atoms with Crippen molar-refractivity contribution in [2.45, 2.75) is 71.3 Å². The summed E-state index contributed by atoms with van der Waals surface area (Å²) in [5.41, 5.74) is 4.64. The molecule has 2 rings (SSSR count). The first kappa shape index (κ1) is 14.6. The SMILES string of the molecule is Cc1cc(C(C)(C)C)ccc1CCNC1CCCC1. The minimum atomic E-state index is 0.255. The Morgan fingerprint density at radius 2 is 1.84 bits per heavy atom. The van der Waals surface area contributed by atoms with Crippen LogP contribution in [0, 0.1) is 6.92 Å². The molecule has 0 atom stereocenters. The summed E-state index contributed by atoms with van der Waals surface area (Å²) in [6, 6.07) is 7.78. The van der Waals surface area contributed by atoms with Crippen LogP contribution in [0.1, 0.15) is 63.1 Å². The maximum atomic E-state index is 3.70. The molecule has 1 N–H and O–H groups in total. The molecule has 19 heavy (non-hydrogen) atoms. The van der Waals surface area contributed by atoms with Crippen molar-refractivity contribution in [1.29, 1.82) is 0 Å². The van der Waals surface area contributed by atoms with Crippen LogP contribution in [0.15, 0.2) is 18.2 Å². The van der Waals surface area contributed by atoms with Crippen molar-refractivity contribution in [2.24, 2.45) is 0 Å². The Hall–Kier alpha value is -0.820. The summed E-state index contributed by atoms with van der Waals surface area (Å²) in [5, 5.41) is 3.70. The van der Waals surface area contributed by atoms with E-state index in [9.17, 15) is 0 Å². The van der Waals surface area contributed by atoms with Gasteiger partial charge in [-0.3, -0.25) is 0 Å². The topological polar surface area (TPSA) is 12.0 Å². The van der Waals surface area contributed by atoms with E-state index >= 15 is 0 Å². The highest BCUT2D eigenvalue weighted by molar-refractivity contribution is 5.34. The van der Waals surface area contributed by atoms with Gasteiger partial charge in [0.2, 0.25) is 0 Å². The number of aryl methyl sites for hydroxylation is 1. The lowest BCUT2D eigenvalue weighted by Gasteiger charge is -2.21. The summed E-state index contributed by atoms with van der Waals surface area (Å²) in [6.07, 6.45) is 6.74. The standard InChI is InChI=1S/C18H29N/c1-14-13-16(18(2,3)4)10-9-15(14)11-12-19-17-7-5-6-8-17/h9-10,13,17,19H,5-8,11-12H2,1-4H3. The summed E-state index contributed by atoms with van der Waals surface area (Å²) in [5.74, 6) is 0. The van der Waals surface area contributed by atoms with Gasteiger partial charge in [0.15, 0.2) is 0 Å². The van der Waals surface area contributed by atoms with Gasteiger partial charge in [-0.1, -0.05) is 51.8 Å². The van der Waals surface area contributed by atoms with Crippen LogP contribution in [-0.4, -0.2) is 12.6 Å². The lowest BCUT2D eigenvalue weighted by molar-refractivity contribution is 0.527. The average Bonchev–Trinajstić information content (AvgIpc) is 2.83. The van der Waals surface area contributed by atoms with Crippen LogP contribution in [0.5, 0.6) is 0 Å². The smallest absolute Gasteiger partial charge is 0.00671 e. The van der Waals surface area contributed by atoms with Crippen molar-refractivity contribution in [3.8, 4) is 0 Å². The molecule has 1 fully saturated rings. The number of nitrogens with one attached hydrogen (secondary N) is 1. The van der Waals surface area contributed by atoms with Crippen molar-refractivity contribution in [1.82, 2.24) is 5.32 Å². The molecule has 1 heteroatoms. The van der Waals surface area contributed by atoms with Gasteiger partial charge in [0.25, 0.3) is 0 Å². The van der Waals surface area contributed by atoms with E-state index < -0.39 is 0 Å². The Labute approximate surface area is 118 Å². The van der Waals surface area contributed by atoms with E-state index in [0.29, 0.717) is 0 Å². The molecule has 0 aromatic heterocycles. The Morgan fingerprint density at radius 1 is 1.16 bits per heavy atom. The second kappa shape index (κ2) is 6.09. The molecule has 0 bridgehead atoms. The van der Waals surface area contributed by atoms with Crippen LogP contribution in [0.25, 0.3) is 0 Å². The zero-order valence-electron chi connectivity index (χ0n) is 13.1. The molecule has 0 amide bonds. The van der Waals surface area contributed by atoms with Crippen molar-refractivity contribution in [3.05, 3.63) is 34.9 Å². The fourth-order valence-electron chi connectivity index (χ4n) is 2.98. The van der Waals surface area contributed by atoms with Crippen LogP contribution in [0.4, 0.5) is 0 Å². The van der Waals surface area contributed by atoms with Crippen LogP contribution in [0.3, 0.4) is 0 Å². The van der Waals surface area contributed by atoms with Crippen LogP contribution in [0.2, 0.25) is 0 Å². The molecule has 0 unspecified atom stereocenters. The normalized spacial score (nSPS) is 17.1. The van der Waals surface area contributed by atoms with Gasteiger partial charge in [0, 0.05) is 6.04 Å². The molecule has 0 heterocycles. The molecule has 0 radical (unpaired) electrons. The molecule has 0 spiro atoms. The highest BCUT2D eigenvalue weighted by atomic mass is 14.9. The third-order valence-corrected chi connectivity index (χ3v) is 4.39. The molecule has 1 nitrogen and oxygen atoms in total. The minimum Gasteiger partial charge on any atom is -0.314 e. The van der Waals surface area contributed by atoms with Crippen LogP contribution < -0.4 is 5.32 Å². The number of hydrogen-bond donors (Lipinski definition) is 1. The third-order valence-electron chi connectivity index (χ3n) is 4.39. The summed E-state index contributed by atoms with van der Waals surface area (Å²) < 4.78 is 0. The quantitative estimate of drug-likeness (QED) is 0.847. The lowest BCUT2D eigenvalue weighted by atomic mass is 9.85. The largest absolute Gasteiger partial charge is 0.314 e. The number of rotatable bonds is 4. The van der Waals surface area contributed by atoms with Crippen molar-refractivity contribution in [3.63, 3.8) is 0 Å². The third kappa shape index (κ3) is 4.07. The first-order valence-corrected chi connectivity index (χ1v) is 7.80. The Bertz CT molecular complexity index is 408. The molecule has 1 aliphatic rings. The fourth-order valence-corrected chi connectivity index (χ4v) is 2.98. The molecular formula is C18H29N. The van der Waals surface area contributed by atoms with Crippen LogP contribution >= 0.6 is 0 Å². The van der Waals surface area contributed by atoms with E-state index in [-0.39, 0.29) is 5.41 Å². The molecule has 1 aromatic carbocycles. The number of benzene rings is 1.